The third-order valence-corrected chi connectivity index (χ3v) is 5.32. The number of hydrogen-bond donors (Lipinski definition) is 1. The van der Waals surface area contributed by atoms with E-state index in [1.54, 1.807) is 41.8 Å². The van der Waals surface area contributed by atoms with Gasteiger partial charge >= 0.3 is 0 Å². The molecule has 0 saturated heterocycles. The van der Waals surface area contributed by atoms with Gasteiger partial charge in [0.25, 0.3) is 10.0 Å². The molecule has 1 N–H and O–H groups in total. The van der Waals surface area contributed by atoms with Crippen molar-refractivity contribution in [1.29, 1.82) is 5.26 Å². The summed E-state index contributed by atoms with van der Waals surface area (Å²) in [6.45, 7) is 0. The molecule has 114 valence electrons. The fourth-order valence-electron chi connectivity index (χ4n) is 2.00. The summed E-state index contributed by atoms with van der Waals surface area (Å²) in [4.78, 5) is 4.73. The summed E-state index contributed by atoms with van der Waals surface area (Å²) in [5.41, 5.74) is 1.90. The minimum atomic E-state index is -3.70. The van der Waals surface area contributed by atoms with E-state index in [1.807, 2.05) is 6.07 Å². The Morgan fingerprint density at radius 1 is 1.13 bits per heavy atom. The van der Waals surface area contributed by atoms with E-state index in [0.29, 0.717) is 11.3 Å². The van der Waals surface area contributed by atoms with Crippen molar-refractivity contribution in [2.45, 2.75) is 5.03 Å². The number of aromatic nitrogens is 1. The van der Waals surface area contributed by atoms with E-state index in [-0.39, 0.29) is 5.03 Å². The van der Waals surface area contributed by atoms with Crippen LogP contribution in [0.15, 0.2) is 65.1 Å². The first-order valence-corrected chi connectivity index (χ1v) is 8.98. The molecule has 0 aliphatic heterocycles. The number of nitrogens with one attached hydrogen (secondary N) is 1. The fraction of sp³-hybridized carbons (Fsp3) is 0. The molecule has 2 aromatic heterocycles. The molecule has 1 aromatic carbocycles. The van der Waals surface area contributed by atoms with E-state index in [9.17, 15) is 8.42 Å². The van der Waals surface area contributed by atoms with Crippen LogP contribution in [-0.4, -0.2) is 13.4 Å². The molecule has 0 amide bonds. The van der Waals surface area contributed by atoms with E-state index in [4.69, 9.17) is 5.26 Å². The number of nitriles is 1. The zero-order valence-corrected chi connectivity index (χ0v) is 13.4. The lowest BCUT2D eigenvalue weighted by Gasteiger charge is -2.04. The summed E-state index contributed by atoms with van der Waals surface area (Å²) in [6.07, 6.45) is 1.43. The zero-order chi connectivity index (χ0) is 16.3. The van der Waals surface area contributed by atoms with E-state index in [1.165, 1.54) is 23.6 Å². The SMILES string of the molecule is N#Cc1cccc(-c2cc(NS(=O)(=O)c3ccccn3)cs2)c1. The molecule has 23 heavy (non-hydrogen) atoms. The van der Waals surface area contributed by atoms with Crippen LogP contribution in [0.5, 0.6) is 0 Å². The molecule has 5 nitrogen and oxygen atoms in total. The number of hydrogen-bond acceptors (Lipinski definition) is 5. The van der Waals surface area contributed by atoms with Gasteiger partial charge in [-0.1, -0.05) is 18.2 Å². The maximum Gasteiger partial charge on any atom is 0.279 e. The molecule has 0 atom stereocenters. The van der Waals surface area contributed by atoms with Crippen molar-refractivity contribution < 1.29 is 8.42 Å². The summed E-state index contributed by atoms with van der Waals surface area (Å²) < 4.78 is 27.0. The van der Waals surface area contributed by atoms with Crippen molar-refractivity contribution in [3.63, 3.8) is 0 Å². The molecule has 7 heteroatoms. The van der Waals surface area contributed by atoms with E-state index in [2.05, 4.69) is 15.8 Å². The molecule has 0 unspecified atom stereocenters. The van der Waals surface area contributed by atoms with Gasteiger partial charge in [-0.25, -0.2) is 4.98 Å². The minimum absolute atomic E-state index is 0.0285. The Hall–Kier alpha value is -2.69. The molecule has 0 fully saturated rings. The predicted molar refractivity (Wildman–Crippen MR) is 89.5 cm³/mol. The van der Waals surface area contributed by atoms with Crippen LogP contribution < -0.4 is 4.72 Å². The van der Waals surface area contributed by atoms with Gasteiger partial charge < -0.3 is 0 Å². The van der Waals surface area contributed by atoms with Gasteiger partial charge in [-0.15, -0.1) is 11.3 Å². The Labute approximate surface area is 137 Å². The second-order valence-electron chi connectivity index (χ2n) is 4.67. The van der Waals surface area contributed by atoms with Crippen molar-refractivity contribution in [3.05, 3.63) is 65.7 Å². The highest BCUT2D eigenvalue weighted by Crippen LogP contribution is 2.31. The minimum Gasteiger partial charge on any atom is -0.277 e. The number of rotatable bonds is 4. The lowest BCUT2D eigenvalue weighted by Crippen LogP contribution is -2.13. The molecule has 3 aromatic rings. The average Bonchev–Trinajstić information content (AvgIpc) is 3.03. The van der Waals surface area contributed by atoms with Gasteiger partial charge in [0.1, 0.15) is 0 Å². The lowest BCUT2D eigenvalue weighted by atomic mass is 10.1. The normalized spacial score (nSPS) is 10.9. The zero-order valence-electron chi connectivity index (χ0n) is 11.8. The second-order valence-corrected chi connectivity index (χ2v) is 7.21. The molecule has 0 spiro atoms. The fourth-order valence-corrected chi connectivity index (χ4v) is 3.90. The average molecular weight is 341 g/mol. The summed E-state index contributed by atoms with van der Waals surface area (Å²) in [6, 6.07) is 15.7. The molecule has 0 saturated carbocycles. The van der Waals surface area contributed by atoms with Crippen LogP contribution in [0.25, 0.3) is 10.4 Å². The van der Waals surface area contributed by atoms with Gasteiger partial charge in [0.2, 0.25) is 0 Å². The van der Waals surface area contributed by atoms with Gasteiger partial charge in [-0.3, -0.25) is 4.72 Å². The topological polar surface area (TPSA) is 82.9 Å². The van der Waals surface area contributed by atoms with Gasteiger partial charge in [0.05, 0.1) is 17.3 Å². The Morgan fingerprint density at radius 2 is 2.00 bits per heavy atom. The molecular formula is C16H11N3O2S2. The van der Waals surface area contributed by atoms with Gasteiger partial charge in [0, 0.05) is 16.5 Å². The van der Waals surface area contributed by atoms with Gasteiger partial charge in [-0.05, 0) is 35.9 Å². The Balaban J connectivity index is 1.87. The first kappa shape index (κ1) is 15.2. The van der Waals surface area contributed by atoms with Gasteiger partial charge in [0.15, 0.2) is 5.03 Å². The number of sulfonamides is 1. The number of pyridine rings is 1. The molecule has 2 heterocycles. The van der Waals surface area contributed by atoms with Crippen molar-refractivity contribution in [1.82, 2.24) is 4.98 Å². The van der Waals surface area contributed by atoms with Crippen molar-refractivity contribution in [2.75, 3.05) is 4.72 Å². The van der Waals surface area contributed by atoms with Crippen molar-refractivity contribution in [2.24, 2.45) is 0 Å². The molecular weight excluding hydrogens is 330 g/mol. The summed E-state index contributed by atoms with van der Waals surface area (Å²) in [5, 5.41) is 10.6. The van der Waals surface area contributed by atoms with E-state index in [0.717, 1.165) is 10.4 Å². The first-order chi connectivity index (χ1) is 11.1. The van der Waals surface area contributed by atoms with Crippen LogP contribution in [0.1, 0.15) is 5.56 Å². The third kappa shape index (κ3) is 3.39. The van der Waals surface area contributed by atoms with Crippen LogP contribution in [0, 0.1) is 11.3 Å². The van der Waals surface area contributed by atoms with Crippen molar-refractivity contribution in [3.8, 4) is 16.5 Å². The third-order valence-electron chi connectivity index (χ3n) is 3.04. The predicted octanol–water partition coefficient (Wildman–Crippen LogP) is 3.48. The molecule has 3 rings (SSSR count). The van der Waals surface area contributed by atoms with Crippen LogP contribution >= 0.6 is 11.3 Å². The maximum atomic E-state index is 12.2. The maximum absolute atomic E-state index is 12.2. The molecule has 0 bridgehead atoms. The van der Waals surface area contributed by atoms with Crippen LogP contribution in [0.2, 0.25) is 0 Å². The number of anilines is 1. The number of nitrogens with zero attached hydrogens (tertiary/aromatic N) is 2. The largest absolute Gasteiger partial charge is 0.279 e. The van der Waals surface area contributed by atoms with Crippen LogP contribution in [0.3, 0.4) is 0 Å². The Bertz CT molecular complexity index is 974. The van der Waals surface area contributed by atoms with Crippen LogP contribution in [0.4, 0.5) is 5.69 Å². The first-order valence-electron chi connectivity index (χ1n) is 6.61. The smallest absolute Gasteiger partial charge is 0.277 e. The molecule has 0 radical (unpaired) electrons. The standard InChI is InChI=1S/C16H11N3O2S2/c17-10-12-4-3-5-13(8-12)15-9-14(11-22-15)19-23(20,21)16-6-1-2-7-18-16/h1-9,11,19H. The highest BCUT2D eigenvalue weighted by molar-refractivity contribution is 7.92. The molecule has 0 aliphatic rings. The monoisotopic (exact) mass is 341 g/mol. The van der Waals surface area contributed by atoms with Crippen molar-refractivity contribution >= 4 is 27.0 Å². The highest BCUT2D eigenvalue weighted by Gasteiger charge is 2.16. The van der Waals surface area contributed by atoms with Crippen LogP contribution in [-0.2, 0) is 10.0 Å². The number of benzene rings is 1. The lowest BCUT2D eigenvalue weighted by molar-refractivity contribution is 0.597. The number of thiophene rings is 1. The quantitative estimate of drug-likeness (QED) is 0.787. The van der Waals surface area contributed by atoms with Gasteiger partial charge in [-0.2, -0.15) is 13.7 Å². The van der Waals surface area contributed by atoms with E-state index < -0.39 is 10.0 Å². The summed E-state index contributed by atoms with van der Waals surface area (Å²) in [5.74, 6) is 0. The Kier molecular flexibility index (Phi) is 4.10. The summed E-state index contributed by atoms with van der Waals surface area (Å²) >= 11 is 1.40. The Morgan fingerprint density at radius 3 is 2.74 bits per heavy atom. The summed E-state index contributed by atoms with van der Waals surface area (Å²) in [7, 11) is -3.70. The molecule has 0 aliphatic carbocycles. The van der Waals surface area contributed by atoms with E-state index >= 15 is 0 Å². The highest BCUT2D eigenvalue weighted by atomic mass is 32.2. The second kappa shape index (κ2) is 6.20.